The first-order valence-electron chi connectivity index (χ1n) is 7.45. The van der Waals surface area contributed by atoms with Crippen LogP contribution in [0.1, 0.15) is 5.56 Å². The van der Waals surface area contributed by atoms with Crippen LogP contribution < -0.4 is 4.90 Å². The van der Waals surface area contributed by atoms with Crippen molar-refractivity contribution >= 4 is 23.0 Å². The number of hydrogen-bond acceptors (Lipinski definition) is 2. The number of rotatable bonds is 5. The van der Waals surface area contributed by atoms with Crippen LogP contribution in [-0.4, -0.2) is 11.1 Å². The molecule has 0 radical (unpaired) electrons. The molecule has 0 bridgehead atoms. The Hall–Kier alpha value is -3.07. The molecule has 3 nitrogen and oxygen atoms in total. The van der Waals surface area contributed by atoms with Gasteiger partial charge in [0.05, 0.1) is 6.42 Å². The van der Waals surface area contributed by atoms with Crippen molar-refractivity contribution in [2.24, 2.45) is 0 Å². The third-order valence-corrected chi connectivity index (χ3v) is 3.55. The van der Waals surface area contributed by atoms with Crippen molar-refractivity contribution in [2.75, 3.05) is 4.90 Å². The highest BCUT2D eigenvalue weighted by Gasteiger charge is 2.12. The molecule has 0 amide bonds. The van der Waals surface area contributed by atoms with Gasteiger partial charge >= 0.3 is 5.97 Å². The fourth-order valence-electron chi connectivity index (χ4n) is 2.58. The van der Waals surface area contributed by atoms with Crippen molar-refractivity contribution in [1.29, 1.82) is 0 Å². The molecule has 0 heterocycles. The van der Waals surface area contributed by atoms with Crippen LogP contribution in [0.2, 0.25) is 0 Å². The van der Waals surface area contributed by atoms with E-state index in [2.05, 4.69) is 4.90 Å². The summed E-state index contributed by atoms with van der Waals surface area (Å²) < 4.78 is 0. The Morgan fingerprint density at radius 2 is 1.26 bits per heavy atom. The van der Waals surface area contributed by atoms with Gasteiger partial charge in [-0.1, -0.05) is 48.5 Å². The number of carbonyl (C=O) groups is 1. The van der Waals surface area contributed by atoms with Crippen LogP contribution in [0, 0.1) is 0 Å². The van der Waals surface area contributed by atoms with E-state index in [1.807, 2.05) is 84.9 Å². The molecular weight excluding hydrogens is 286 g/mol. The van der Waals surface area contributed by atoms with Crippen LogP contribution >= 0.6 is 0 Å². The highest BCUT2D eigenvalue weighted by molar-refractivity contribution is 5.77. The molecule has 3 heteroatoms. The van der Waals surface area contributed by atoms with Gasteiger partial charge < -0.3 is 10.0 Å². The Kier molecular flexibility index (Phi) is 4.39. The summed E-state index contributed by atoms with van der Waals surface area (Å²) in [6, 6.07) is 27.7. The van der Waals surface area contributed by atoms with Crippen LogP contribution in [0.5, 0.6) is 0 Å². The predicted molar refractivity (Wildman–Crippen MR) is 92.5 cm³/mol. The number of carboxylic acid groups (broad SMARTS) is 1. The summed E-state index contributed by atoms with van der Waals surface area (Å²) in [6.45, 7) is 0. The highest BCUT2D eigenvalue weighted by Crippen LogP contribution is 2.34. The first kappa shape index (κ1) is 14.9. The Morgan fingerprint density at radius 1 is 0.739 bits per heavy atom. The summed E-state index contributed by atoms with van der Waals surface area (Å²) >= 11 is 0. The molecule has 0 spiro atoms. The maximum atomic E-state index is 11.0. The zero-order valence-electron chi connectivity index (χ0n) is 12.6. The summed E-state index contributed by atoms with van der Waals surface area (Å²) in [7, 11) is 0. The van der Waals surface area contributed by atoms with E-state index in [4.69, 9.17) is 5.11 Å². The van der Waals surface area contributed by atoms with Crippen molar-refractivity contribution < 1.29 is 9.90 Å². The van der Waals surface area contributed by atoms with Gasteiger partial charge in [-0.25, -0.2) is 0 Å². The summed E-state index contributed by atoms with van der Waals surface area (Å²) in [6.07, 6.45) is 0.0191. The summed E-state index contributed by atoms with van der Waals surface area (Å²) in [5, 5.41) is 9.02. The normalized spacial score (nSPS) is 10.3. The zero-order valence-corrected chi connectivity index (χ0v) is 12.6. The molecule has 3 rings (SSSR count). The topological polar surface area (TPSA) is 40.5 Å². The number of benzene rings is 3. The first-order chi connectivity index (χ1) is 11.2. The lowest BCUT2D eigenvalue weighted by Crippen LogP contribution is -2.10. The third kappa shape index (κ3) is 3.58. The van der Waals surface area contributed by atoms with Crippen LogP contribution in [0.3, 0.4) is 0 Å². The highest BCUT2D eigenvalue weighted by atomic mass is 16.4. The average Bonchev–Trinajstić information content (AvgIpc) is 2.57. The van der Waals surface area contributed by atoms with Crippen LogP contribution in [0.25, 0.3) is 0 Å². The fraction of sp³-hybridized carbons (Fsp3) is 0.0500. The SMILES string of the molecule is O=C(O)Cc1cccc(N(c2ccccc2)c2ccccc2)c1. The number of para-hydroxylation sites is 2. The van der Waals surface area contributed by atoms with E-state index in [1.54, 1.807) is 0 Å². The minimum Gasteiger partial charge on any atom is -0.481 e. The molecule has 0 aliphatic heterocycles. The molecule has 0 saturated heterocycles. The Labute approximate surface area is 135 Å². The van der Waals surface area contributed by atoms with Gasteiger partial charge in [-0.15, -0.1) is 0 Å². The minimum absolute atomic E-state index is 0.0191. The number of carboxylic acids is 1. The molecule has 3 aromatic carbocycles. The van der Waals surface area contributed by atoms with Crippen molar-refractivity contribution in [3.05, 3.63) is 90.5 Å². The maximum Gasteiger partial charge on any atom is 0.307 e. The molecule has 0 aromatic heterocycles. The van der Waals surface area contributed by atoms with Gasteiger partial charge in [0.1, 0.15) is 0 Å². The van der Waals surface area contributed by atoms with Crippen molar-refractivity contribution in [1.82, 2.24) is 0 Å². The first-order valence-corrected chi connectivity index (χ1v) is 7.45. The molecule has 3 aromatic rings. The maximum absolute atomic E-state index is 11.0. The van der Waals surface area contributed by atoms with E-state index in [0.717, 1.165) is 22.6 Å². The average molecular weight is 303 g/mol. The van der Waals surface area contributed by atoms with Gasteiger partial charge in [-0.2, -0.15) is 0 Å². The molecule has 0 unspecified atom stereocenters. The van der Waals surface area contributed by atoms with E-state index >= 15 is 0 Å². The van der Waals surface area contributed by atoms with E-state index in [9.17, 15) is 4.79 Å². The molecule has 114 valence electrons. The van der Waals surface area contributed by atoms with Crippen LogP contribution in [0.4, 0.5) is 17.1 Å². The summed E-state index contributed by atoms with van der Waals surface area (Å²) in [5.74, 6) is -0.826. The lowest BCUT2D eigenvalue weighted by atomic mass is 10.1. The largest absolute Gasteiger partial charge is 0.481 e. The number of anilines is 3. The molecule has 0 aliphatic carbocycles. The lowest BCUT2D eigenvalue weighted by molar-refractivity contribution is -0.136. The second-order valence-corrected chi connectivity index (χ2v) is 5.25. The second kappa shape index (κ2) is 6.79. The molecule has 1 N–H and O–H groups in total. The minimum atomic E-state index is -0.826. The van der Waals surface area contributed by atoms with E-state index in [1.165, 1.54) is 0 Å². The Bertz CT molecular complexity index is 746. The molecule has 23 heavy (non-hydrogen) atoms. The quantitative estimate of drug-likeness (QED) is 0.737. The Morgan fingerprint density at radius 3 is 1.78 bits per heavy atom. The lowest BCUT2D eigenvalue weighted by Gasteiger charge is -2.25. The van der Waals surface area contributed by atoms with Crippen LogP contribution in [0.15, 0.2) is 84.9 Å². The molecular formula is C20H17NO2. The van der Waals surface area contributed by atoms with Gasteiger partial charge in [0.25, 0.3) is 0 Å². The molecule has 0 fully saturated rings. The van der Waals surface area contributed by atoms with E-state index in [0.29, 0.717) is 0 Å². The van der Waals surface area contributed by atoms with Gasteiger partial charge in [0, 0.05) is 17.1 Å². The van der Waals surface area contributed by atoms with E-state index < -0.39 is 5.97 Å². The molecule has 0 atom stereocenters. The molecule has 0 saturated carbocycles. The van der Waals surface area contributed by atoms with Crippen molar-refractivity contribution in [3.63, 3.8) is 0 Å². The van der Waals surface area contributed by atoms with E-state index in [-0.39, 0.29) is 6.42 Å². The number of nitrogens with zero attached hydrogens (tertiary/aromatic N) is 1. The molecule has 0 aliphatic rings. The van der Waals surface area contributed by atoms with Gasteiger partial charge in [0.2, 0.25) is 0 Å². The van der Waals surface area contributed by atoms with Gasteiger partial charge in [-0.3, -0.25) is 4.79 Å². The predicted octanol–water partition coefficient (Wildman–Crippen LogP) is 4.78. The fourth-order valence-corrected chi connectivity index (χ4v) is 2.58. The van der Waals surface area contributed by atoms with Crippen molar-refractivity contribution in [3.8, 4) is 0 Å². The number of aliphatic carboxylic acids is 1. The standard InChI is InChI=1S/C20H17NO2/c22-20(23)15-16-8-7-13-19(14-16)21(17-9-3-1-4-10-17)18-11-5-2-6-12-18/h1-14H,15H2,(H,22,23). The summed E-state index contributed by atoms with van der Waals surface area (Å²) in [4.78, 5) is 13.1. The Balaban J connectivity index is 2.07. The van der Waals surface area contributed by atoms with Crippen molar-refractivity contribution in [2.45, 2.75) is 6.42 Å². The third-order valence-electron chi connectivity index (χ3n) is 3.55. The zero-order chi connectivity index (χ0) is 16.1. The smallest absolute Gasteiger partial charge is 0.307 e. The van der Waals surface area contributed by atoms with Gasteiger partial charge in [-0.05, 0) is 42.0 Å². The van der Waals surface area contributed by atoms with Gasteiger partial charge in [0.15, 0.2) is 0 Å². The number of hydrogen-bond donors (Lipinski definition) is 1. The summed E-state index contributed by atoms with van der Waals surface area (Å²) in [5.41, 5.74) is 3.80. The second-order valence-electron chi connectivity index (χ2n) is 5.25. The van der Waals surface area contributed by atoms with Crippen LogP contribution in [-0.2, 0) is 11.2 Å². The monoisotopic (exact) mass is 303 g/mol.